The van der Waals surface area contributed by atoms with E-state index < -0.39 is 0 Å². The Labute approximate surface area is 130 Å². The zero-order valence-electron chi connectivity index (χ0n) is 12.8. The lowest BCUT2D eigenvalue weighted by molar-refractivity contribution is -0.114. The summed E-state index contributed by atoms with van der Waals surface area (Å²) >= 11 is 0. The second-order valence-electron chi connectivity index (χ2n) is 5.61. The number of amides is 1. The lowest BCUT2D eigenvalue weighted by Gasteiger charge is -2.10. The maximum Gasteiger partial charge on any atom is 0.221 e. The molecule has 0 saturated heterocycles. The number of aryl methyl sites for hydroxylation is 1. The number of nitrogens with zero attached hydrogens (tertiary/aromatic N) is 1. The van der Waals surface area contributed by atoms with E-state index in [4.69, 9.17) is 0 Å². The van der Waals surface area contributed by atoms with Gasteiger partial charge in [0.1, 0.15) is 0 Å². The van der Waals surface area contributed by atoms with Gasteiger partial charge in [-0.15, -0.1) is 0 Å². The van der Waals surface area contributed by atoms with Gasteiger partial charge in [0, 0.05) is 19.0 Å². The Morgan fingerprint density at radius 3 is 2.45 bits per heavy atom. The molecule has 0 radical (unpaired) electrons. The molecule has 3 rings (SSSR count). The average Bonchev–Trinajstić information content (AvgIpc) is 2.98. The Hall–Kier alpha value is -2.62. The molecule has 4 heteroatoms. The van der Waals surface area contributed by atoms with Crippen molar-refractivity contribution in [3.05, 3.63) is 65.2 Å². The molecule has 1 aliphatic rings. The van der Waals surface area contributed by atoms with E-state index in [0.29, 0.717) is 0 Å². The minimum atomic E-state index is -0.0629. The number of nitrogens with one attached hydrogen (secondary N) is 2. The smallest absolute Gasteiger partial charge is 0.221 e. The molecule has 1 unspecified atom stereocenters. The van der Waals surface area contributed by atoms with Gasteiger partial charge in [-0.25, -0.2) is 0 Å². The van der Waals surface area contributed by atoms with Gasteiger partial charge in [-0.2, -0.15) is 5.10 Å². The number of hydrazone groups is 1. The summed E-state index contributed by atoms with van der Waals surface area (Å²) < 4.78 is 0. The molecule has 0 saturated carbocycles. The number of benzene rings is 2. The molecule has 1 heterocycles. The highest BCUT2D eigenvalue weighted by Gasteiger charge is 2.20. The van der Waals surface area contributed by atoms with Crippen molar-refractivity contribution >= 4 is 17.3 Å². The number of hydrogen-bond acceptors (Lipinski definition) is 3. The minimum Gasteiger partial charge on any atom is -0.326 e. The summed E-state index contributed by atoms with van der Waals surface area (Å²) in [5, 5.41) is 7.22. The van der Waals surface area contributed by atoms with Crippen LogP contribution in [0.1, 0.15) is 36.1 Å². The molecule has 1 amide bonds. The van der Waals surface area contributed by atoms with Crippen molar-refractivity contribution in [2.45, 2.75) is 26.3 Å². The van der Waals surface area contributed by atoms with Crippen molar-refractivity contribution in [1.29, 1.82) is 0 Å². The van der Waals surface area contributed by atoms with E-state index in [-0.39, 0.29) is 11.9 Å². The lowest BCUT2D eigenvalue weighted by atomic mass is 9.98. The van der Waals surface area contributed by atoms with Gasteiger partial charge in [0.2, 0.25) is 5.91 Å². The fourth-order valence-electron chi connectivity index (χ4n) is 2.56. The predicted octanol–water partition coefficient (Wildman–Crippen LogP) is 3.39. The van der Waals surface area contributed by atoms with Crippen molar-refractivity contribution in [1.82, 2.24) is 5.43 Å². The summed E-state index contributed by atoms with van der Waals surface area (Å²) in [6, 6.07) is 16.5. The Kier molecular flexibility index (Phi) is 3.92. The van der Waals surface area contributed by atoms with E-state index in [1.807, 2.05) is 24.3 Å². The van der Waals surface area contributed by atoms with Crippen molar-refractivity contribution in [3.8, 4) is 0 Å². The highest BCUT2D eigenvalue weighted by atomic mass is 16.1. The van der Waals surface area contributed by atoms with Crippen LogP contribution in [-0.2, 0) is 4.79 Å². The number of rotatable bonds is 3. The van der Waals surface area contributed by atoms with Crippen LogP contribution in [0.15, 0.2) is 53.6 Å². The third kappa shape index (κ3) is 3.17. The van der Waals surface area contributed by atoms with E-state index in [9.17, 15) is 4.79 Å². The molecule has 0 spiro atoms. The molecular weight excluding hydrogens is 274 g/mol. The van der Waals surface area contributed by atoms with Gasteiger partial charge in [0.25, 0.3) is 0 Å². The first kappa shape index (κ1) is 14.3. The second-order valence-corrected chi connectivity index (χ2v) is 5.61. The number of carbonyl (C=O) groups is 1. The minimum absolute atomic E-state index is 0.0629. The number of carbonyl (C=O) groups excluding carboxylic acids is 1. The predicted molar refractivity (Wildman–Crippen MR) is 89.0 cm³/mol. The maximum atomic E-state index is 11.0. The Bertz CT molecular complexity index is 702. The number of hydrogen-bond donors (Lipinski definition) is 2. The normalized spacial score (nSPS) is 16.8. The fraction of sp³-hybridized carbons (Fsp3) is 0.222. The summed E-state index contributed by atoms with van der Waals surface area (Å²) in [7, 11) is 0. The van der Waals surface area contributed by atoms with Crippen molar-refractivity contribution in [2.24, 2.45) is 5.10 Å². The molecular formula is C18H19N3O. The first-order chi connectivity index (χ1) is 10.6. The van der Waals surface area contributed by atoms with Crippen LogP contribution in [-0.4, -0.2) is 11.6 Å². The molecule has 1 atom stereocenters. The average molecular weight is 293 g/mol. The molecule has 2 aromatic carbocycles. The van der Waals surface area contributed by atoms with Crippen LogP contribution in [0, 0.1) is 6.92 Å². The van der Waals surface area contributed by atoms with Crippen molar-refractivity contribution in [3.63, 3.8) is 0 Å². The molecule has 0 aliphatic carbocycles. The van der Waals surface area contributed by atoms with Crippen LogP contribution < -0.4 is 10.7 Å². The third-order valence-corrected chi connectivity index (χ3v) is 3.77. The number of anilines is 1. The van der Waals surface area contributed by atoms with E-state index in [0.717, 1.165) is 23.4 Å². The summed E-state index contributed by atoms with van der Waals surface area (Å²) in [4.78, 5) is 11.0. The van der Waals surface area contributed by atoms with Gasteiger partial charge < -0.3 is 10.7 Å². The molecule has 112 valence electrons. The fourth-order valence-corrected chi connectivity index (χ4v) is 2.56. The molecule has 22 heavy (non-hydrogen) atoms. The van der Waals surface area contributed by atoms with E-state index in [1.54, 1.807) is 0 Å². The molecule has 4 nitrogen and oxygen atoms in total. The summed E-state index contributed by atoms with van der Waals surface area (Å²) in [5.74, 6) is -0.0629. The molecule has 2 aromatic rings. The van der Waals surface area contributed by atoms with Gasteiger partial charge in [-0.05, 0) is 30.2 Å². The van der Waals surface area contributed by atoms with Gasteiger partial charge in [-0.1, -0.05) is 42.0 Å². The third-order valence-electron chi connectivity index (χ3n) is 3.77. The Balaban J connectivity index is 1.69. The Morgan fingerprint density at radius 1 is 1.14 bits per heavy atom. The molecule has 0 fully saturated rings. The van der Waals surface area contributed by atoms with Crippen LogP contribution in [0.3, 0.4) is 0 Å². The molecule has 0 aromatic heterocycles. The highest BCUT2D eigenvalue weighted by molar-refractivity contribution is 6.02. The van der Waals surface area contributed by atoms with Crippen LogP contribution in [0.25, 0.3) is 0 Å². The SMILES string of the molecule is CC(=O)Nc1ccc(C2=NNC(c3ccc(C)cc3)C2)cc1. The molecule has 0 bridgehead atoms. The van der Waals surface area contributed by atoms with E-state index in [1.165, 1.54) is 18.1 Å². The standard InChI is InChI=1S/C18H19N3O/c1-12-3-5-14(6-4-12)17-11-18(21-20-17)15-7-9-16(10-8-15)19-13(2)22/h3-10,17,20H,11H2,1-2H3,(H,19,22). The van der Waals surface area contributed by atoms with Crippen LogP contribution in [0.2, 0.25) is 0 Å². The summed E-state index contributed by atoms with van der Waals surface area (Å²) in [6.07, 6.45) is 0.864. The van der Waals surface area contributed by atoms with Gasteiger partial charge in [0.15, 0.2) is 0 Å². The molecule has 2 N–H and O–H groups in total. The van der Waals surface area contributed by atoms with Crippen LogP contribution in [0.5, 0.6) is 0 Å². The quantitative estimate of drug-likeness (QED) is 0.911. The Morgan fingerprint density at radius 2 is 1.82 bits per heavy atom. The zero-order chi connectivity index (χ0) is 15.5. The van der Waals surface area contributed by atoms with Gasteiger partial charge in [0.05, 0.1) is 11.8 Å². The second kappa shape index (κ2) is 6.02. The first-order valence-corrected chi connectivity index (χ1v) is 7.38. The monoisotopic (exact) mass is 293 g/mol. The lowest BCUT2D eigenvalue weighted by Crippen LogP contribution is -2.09. The largest absolute Gasteiger partial charge is 0.326 e. The highest BCUT2D eigenvalue weighted by Crippen LogP contribution is 2.25. The molecule has 1 aliphatic heterocycles. The van der Waals surface area contributed by atoms with Crippen LogP contribution in [0.4, 0.5) is 5.69 Å². The topological polar surface area (TPSA) is 53.5 Å². The van der Waals surface area contributed by atoms with Gasteiger partial charge in [-0.3, -0.25) is 4.79 Å². The van der Waals surface area contributed by atoms with E-state index in [2.05, 4.69) is 47.0 Å². The van der Waals surface area contributed by atoms with Crippen LogP contribution >= 0.6 is 0 Å². The first-order valence-electron chi connectivity index (χ1n) is 7.38. The van der Waals surface area contributed by atoms with E-state index >= 15 is 0 Å². The van der Waals surface area contributed by atoms with Gasteiger partial charge >= 0.3 is 0 Å². The zero-order valence-corrected chi connectivity index (χ0v) is 12.8. The maximum absolute atomic E-state index is 11.0. The van der Waals surface area contributed by atoms with Crippen molar-refractivity contribution < 1.29 is 4.79 Å². The van der Waals surface area contributed by atoms with Crippen molar-refractivity contribution in [2.75, 3.05) is 5.32 Å². The summed E-state index contributed by atoms with van der Waals surface area (Å²) in [5.41, 5.74) is 8.64. The summed E-state index contributed by atoms with van der Waals surface area (Å²) in [6.45, 7) is 3.59.